The number of alkyl halides is 3. The Morgan fingerprint density at radius 2 is 1.86 bits per heavy atom. The van der Waals surface area contributed by atoms with Crippen LogP contribution in [0.5, 0.6) is 0 Å². The maximum atomic E-state index is 13.3. The molecule has 1 atom stereocenters. The van der Waals surface area contributed by atoms with Crippen LogP contribution < -0.4 is 0 Å². The van der Waals surface area contributed by atoms with Gasteiger partial charge in [0.15, 0.2) is 0 Å². The second kappa shape index (κ2) is 6.25. The first kappa shape index (κ1) is 16.1. The molecule has 2 aromatic rings. The van der Waals surface area contributed by atoms with E-state index in [1.807, 2.05) is 0 Å². The highest BCUT2D eigenvalue weighted by atomic mass is 19.4. The summed E-state index contributed by atoms with van der Waals surface area (Å²) in [4.78, 5) is 14.3. The van der Waals surface area contributed by atoms with Crippen LogP contribution in [0, 0.1) is 12.7 Å². The summed E-state index contributed by atoms with van der Waals surface area (Å²) in [6, 6.07) is 6.56. The standard InChI is InChI=1S/C16H13F4NO/c1-10-8-11(2-4-14(10)17)13(6-7-22)12-3-5-15(21-9-12)16(18,19)20/h2-5,7-9,13H,6H2,1H3. The number of carbonyl (C=O) groups excluding carboxylic acids is 1. The number of nitrogens with zero attached hydrogens (tertiary/aromatic N) is 1. The molecular weight excluding hydrogens is 298 g/mol. The predicted molar refractivity (Wildman–Crippen MR) is 72.9 cm³/mol. The molecule has 0 fully saturated rings. The van der Waals surface area contributed by atoms with Gasteiger partial charge in [0.25, 0.3) is 0 Å². The zero-order valence-electron chi connectivity index (χ0n) is 11.7. The first-order valence-electron chi connectivity index (χ1n) is 6.55. The van der Waals surface area contributed by atoms with Gasteiger partial charge in [-0.1, -0.05) is 18.2 Å². The molecule has 0 amide bonds. The van der Waals surface area contributed by atoms with Gasteiger partial charge in [0.05, 0.1) is 0 Å². The van der Waals surface area contributed by atoms with E-state index in [0.717, 1.165) is 12.3 Å². The number of rotatable bonds is 4. The quantitative estimate of drug-likeness (QED) is 0.623. The highest BCUT2D eigenvalue weighted by Crippen LogP contribution is 2.31. The number of benzene rings is 1. The highest BCUT2D eigenvalue weighted by molar-refractivity contribution is 5.54. The highest BCUT2D eigenvalue weighted by Gasteiger charge is 2.32. The summed E-state index contributed by atoms with van der Waals surface area (Å²) in [6.45, 7) is 1.59. The molecule has 1 aromatic carbocycles. The Balaban J connectivity index is 2.39. The molecule has 2 rings (SSSR count). The van der Waals surface area contributed by atoms with Crippen molar-refractivity contribution in [2.45, 2.75) is 25.4 Å². The van der Waals surface area contributed by atoms with Crippen LogP contribution in [0.1, 0.15) is 34.7 Å². The van der Waals surface area contributed by atoms with E-state index in [1.165, 1.54) is 18.2 Å². The fourth-order valence-electron chi connectivity index (χ4n) is 2.22. The van der Waals surface area contributed by atoms with Gasteiger partial charge < -0.3 is 4.79 Å². The van der Waals surface area contributed by atoms with Gasteiger partial charge in [-0.3, -0.25) is 4.98 Å². The molecule has 0 aliphatic carbocycles. The SMILES string of the molecule is Cc1cc(C(CC=O)c2ccc(C(F)(F)F)nc2)ccc1F. The molecule has 0 saturated heterocycles. The van der Waals surface area contributed by atoms with Gasteiger partial charge in [-0.05, 0) is 35.7 Å². The summed E-state index contributed by atoms with van der Waals surface area (Å²) in [5.41, 5.74) is 0.559. The molecule has 0 radical (unpaired) electrons. The normalized spacial score (nSPS) is 13.0. The van der Waals surface area contributed by atoms with Crippen molar-refractivity contribution in [2.24, 2.45) is 0 Å². The molecule has 0 aliphatic rings. The van der Waals surface area contributed by atoms with E-state index in [4.69, 9.17) is 0 Å². The van der Waals surface area contributed by atoms with Crippen molar-refractivity contribution in [3.8, 4) is 0 Å². The minimum Gasteiger partial charge on any atom is -0.303 e. The summed E-state index contributed by atoms with van der Waals surface area (Å²) in [7, 11) is 0. The van der Waals surface area contributed by atoms with Gasteiger partial charge >= 0.3 is 6.18 Å². The number of aldehydes is 1. The van der Waals surface area contributed by atoms with Gasteiger partial charge in [-0.25, -0.2) is 4.39 Å². The van der Waals surface area contributed by atoms with E-state index >= 15 is 0 Å². The van der Waals surface area contributed by atoms with Gasteiger partial charge in [0.2, 0.25) is 0 Å². The average molecular weight is 311 g/mol. The van der Waals surface area contributed by atoms with Crippen LogP contribution in [0.4, 0.5) is 17.6 Å². The van der Waals surface area contributed by atoms with E-state index in [1.54, 1.807) is 13.0 Å². The van der Waals surface area contributed by atoms with E-state index in [9.17, 15) is 22.4 Å². The largest absolute Gasteiger partial charge is 0.433 e. The second-order valence-corrected chi connectivity index (χ2v) is 4.94. The third-order valence-electron chi connectivity index (χ3n) is 3.40. The molecule has 2 nitrogen and oxygen atoms in total. The predicted octanol–water partition coefficient (Wildman–Crippen LogP) is 4.27. The average Bonchev–Trinajstić information content (AvgIpc) is 2.47. The van der Waals surface area contributed by atoms with Crippen molar-refractivity contribution < 1.29 is 22.4 Å². The summed E-state index contributed by atoms with van der Waals surface area (Å²) in [5.74, 6) is -0.828. The Hall–Kier alpha value is -2.24. The lowest BCUT2D eigenvalue weighted by molar-refractivity contribution is -0.141. The lowest BCUT2D eigenvalue weighted by Gasteiger charge is -2.16. The Kier molecular flexibility index (Phi) is 4.59. The number of aromatic nitrogens is 1. The van der Waals surface area contributed by atoms with Gasteiger partial charge in [0.1, 0.15) is 17.8 Å². The van der Waals surface area contributed by atoms with Crippen LogP contribution in [0.3, 0.4) is 0 Å². The van der Waals surface area contributed by atoms with Crippen LogP contribution in [-0.2, 0) is 11.0 Å². The molecule has 0 N–H and O–H groups in total. The molecule has 116 valence electrons. The van der Waals surface area contributed by atoms with Crippen molar-refractivity contribution in [1.82, 2.24) is 4.98 Å². The smallest absolute Gasteiger partial charge is 0.303 e. The van der Waals surface area contributed by atoms with Crippen LogP contribution in [0.15, 0.2) is 36.5 Å². The zero-order chi connectivity index (χ0) is 16.3. The minimum absolute atomic E-state index is 0.0815. The number of aryl methyl sites for hydroxylation is 1. The number of halogens is 4. The van der Waals surface area contributed by atoms with Gasteiger partial charge in [0, 0.05) is 18.5 Å². The Bertz CT molecular complexity index is 665. The van der Waals surface area contributed by atoms with Gasteiger partial charge in [-0.15, -0.1) is 0 Å². The third-order valence-corrected chi connectivity index (χ3v) is 3.40. The maximum Gasteiger partial charge on any atom is 0.433 e. The molecule has 0 aliphatic heterocycles. The van der Waals surface area contributed by atoms with Crippen molar-refractivity contribution in [3.63, 3.8) is 0 Å². The number of carbonyl (C=O) groups is 1. The van der Waals surface area contributed by atoms with Gasteiger partial charge in [-0.2, -0.15) is 13.2 Å². The van der Waals surface area contributed by atoms with Crippen molar-refractivity contribution >= 4 is 6.29 Å². The van der Waals surface area contributed by atoms with Crippen molar-refractivity contribution in [3.05, 3.63) is 64.7 Å². The topological polar surface area (TPSA) is 30.0 Å². The molecule has 0 saturated carbocycles. The first-order valence-corrected chi connectivity index (χ1v) is 6.55. The fourth-order valence-corrected chi connectivity index (χ4v) is 2.22. The second-order valence-electron chi connectivity index (χ2n) is 4.94. The monoisotopic (exact) mass is 311 g/mol. The molecule has 1 heterocycles. The summed E-state index contributed by atoms with van der Waals surface area (Å²) in [5, 5.41) is 0. The summed E-state index contributed by atoms with van der Waals surface area (Å²) < 4.78 is 50.9. The Morgan fingerprint density at radius 1 is 1.18 bits per heavy atom. The summed E-state index contributed by atoms with van der Waals surface area (Å²) >= 11 is 0. The Labute approximate surface area is 124 Å². The van der Waals surface area contributed by atoms with Crippen LogP contribution in [0.2, 0.25) is 0 Å². The molecular formula is C16H13F4NO. The minimum atomic E-state index is -4.51. The van der Waals surface area contributed by atoms with Crippen LogP contribution in [-0.4, -0.2) is 11.3 Å². The number of hydrogen-bond donors (Lipinski definition) is 0. The van der Waals surface area contributed by atoms with E-state index in [0.29, 0.717) is 23.0 Å². The van der Waals surface area contributed by atoms with E-state index in [2.05, 4.69) is 4.98 Å². The zero-order valence-corrected chi connectivity index (χ0v) is 11.7. The molecule has 22 heavy (non-hydrogen) atoms. The number of pyridine rings is 1. The molecule has 0 bridgehead atoms. The lowest BCUT2D eigenvalue weighted by Crippen LogP contribution is -2.09. The van der Waals surface area contributed by atoms with Crippen molar-refractivity contribution in [1.29, 1.82) is 0 Å². The fraction of sp³-hybridized carbons (Fsp3) is 0.250. The third kappa shape index (κ3) is 3.50. The van der Waals surface area contributed by atoms with E-state index < -0.39 is 17.8 Å². The molecule has 6 heteroatoms. The maximum absolute atomic E-state index is 13.3. The van der Waals surface area contributed by atoms with Crippen LogP contribution in [0.25, 0.3) is 0 Å². The molecule has 1 aromatic heterocycles. The number of hydrogen-bond acceptors (Lipinski definition) is 2. The van der Waals surface area contributed by atoms with Crippen molar-refractivity contribution in [2.75, 3.05) is 0 Å². The molecule has 1 unspecified atom stereocenters. The summed E-state index contributed by atoms with van der Waals surface area (Å²) in [6.07, 6.45) is -2.64. The lowest BCUT2D eigenvalue weighted by atomic mass is 9.89. The van der Waals surface area contributed by atoms with E-state index in [-0.39, 0.29) is 12.2 Å². The molecule has 0 spiro atoms. The van der Waals surface area contributed by atoms with Crippen LogP contribution >= 0.6 is 0 Å². The first-order chi connectivity index (χ1) is 10.3. The Morgan fingerprint density at radius 3 is 2.36 bits per heavy atom.